The molecule has 0 atom stereocenters. The Morgan fingerprint density at radius 2 is 1.86 bits per heavy atom. The predicted octanol–water partition coefficient (Wildman–Crippen LogP) is 4.91. The summed E-state index contributed by atoms with van der Waals surface area (Å²) in [6.45, 7) is -0.0996. The number of aromatic nitrogens is 6. The Morgan fingerprint density at radius 1 is 1.02 bits per heavy atom. The maximum Gasteiger partial charge on any atom is 0.227 e. The monoisotopic (exact) mass is 614 g/mol. The van der Waals surface area contributed by atoms with Crippen LogP contribution < -0.4 is 10.0 Å². The van der Waals surface area contributed by atoms with Crippen molar-refractivity contribution in [1.29, 1.82) is 0 Å². The highest BCUT2D eigenvalue weighted by atomic mass is 32.2. The molecule has 0 bridgehead atoms. The fourth-order valence-corrected chi connectivity index (χ4v) is 5.50. The Kier molecular flexibility index (Phi) is 6.66. The smallest absolute Gasteiger partial charge is 0.227 e. The van der Waals surface area contributed by atoms with Crippen LogP contribution >= 0.6 is 0 Å². The molecule has 0 saturated heterocycles. The molecule has 1 amide bonds. The number of pyridine rings is 2. The molecule has 1 aliphatic carbocycles. The third kappa shape index (κ3) is 5.40. The molecule has 0 spiro atoms. The lowest BCUT2D eigenvalue weighted by molar-refractivity contribution is -0.117. The zero-order chi connectivity index (χ0) is 30.6. The van der Waals surface area contributed by atoms with Crippen LogP contribution in [0.1, 0.15) is 18.4 Å². The molecular weight excluding hydrogens is 590 g/mol. The van der Waals surface area contributed by atoms with Crippen LogP contribution in [0.4, 0.5) is 14.5 Å². The molecule has 7 rings (SSSR count). The number of rotatable bonds is 8. The molecule has 11 nitrogen and oxygen atoms in total. The number of nitrogens with zero attached hydrogens (tertiary/aromatic N) is 4. The molecule has 2 aromatic carbocycles. The van der Waals surface area contributed by atoms with E-state index in [9.17, 15) is 17.6 Å². The predicted molar refractivity (Wildman–Crippen MR) is 161 cm³/mol. The van der Waals surface area contributed by atoms with E-state index in [0.717, 1.165) is 19.1 Å². The van der Waals surface area contributed by atoms with Crippen molar-refractivity contribution in [1.82, 2.24) is 34.9 Å². The second-order valence-electron chi connectivity index (χ2n) is 10.7. The van der Waals surface area contributed by atoms with Crippen molar-refractivity contribution in [2.45, 2.75) is 19.4 Å². The summed E-state index contributed by atoms with van der Waals surface area (Å²) in [5.41, 5.74) is 3.99. The molecule has 14 heteroatoms. The number of nitrogens with one attached hydrogen (secondary N) is 4. The van der Waals surface area contributed by atoms with Crippen LogP contribution in [0.25, 0.3) is 55.8 Å². The quantitative estimate of drug-likeness (QED) is 0.190. The van der Waals surface area contributed by atoms with E-state index in [0.29, 0.717) is 44.6 Å². The van der Waals surface area contributed by atoms with E-state index in [1.54, 1.807) is 30.3 Å². The van der Waals surface area contributed by atoms with Gasteiger partial charge in [0.15, 0.2) is 5.82 Å². The maximum absolute atomic E-state index is 16.2. The number of anilines is 1. The van der Waals surface area contributed by atoms with E-state index >= 15 is 4.39 Å². The summed E-state index contributed by atoms with van der Waals surface area (Å²) < 4.78 is 56.2. The highest BCUT2D eigenvalue weighted by molar-refractivity contribution is 7.88. The normalized spacial score (nSPS) is 13.5. The highest BCUT2D eigenvalue weighted by Crippen LogP contribution is 2.36. The van der Waals surface area contributed by atoms with E-state index in [-0.39, 0.29) is 40.8 Å². The molecule has 0 unspecified atom stereocenters. The summed E-state index contributed by atoms with van der Waals surface area (Å²) in [6.07, 6.45) is 7.32. The standard InChI is InChI=1S/C30H24F2N8O3S/c1-44(42,43)35-12-15-8-17(10-19(31)9-15)26-27-23(6-7-34-26)37-29(38-27)28-24-22(39-40-28)5-4-21(25(24)32)18-11-20(14-33-13-18)36-30(41)16-2-3-16/h4-11,13-14,16,35H,2-3,12H2,1H3,(H,36,41)(H,37,38)(H,39,40). The average Bonchev–Trinajstić information content (AvgIpc) is 3.60. The van der Waals surface area contributed by atoms with Crippen molar-refractivity contribution in [3.63, 3.8) is 0 Å². The molecular formula is C30H24F2N8O3S. The van der Waals surface area contributed by atoms with Crippen molar-refractivity contribution < 1.29 is 22.0 Å². The first-order chi connectivity index (χ1) is 21.1. The van der Waals surface area contributed by atoms with Gasteiger partial charge in [-0.3, -0.25) is 19.9 Å². The van der Waals surface area contributed by atoms with E-state index in [4.69, 9.17) is 0 Å². The Hall–Kier alpha value is -5.08. The zero-order valence-corrected chi connectivity index (χ0v) is 24.0. The lowest BCUT2D eigenvalue weighted by atomic mass is 10.0. The molecule has 1 saturated carbocycles. The first-order valence-electron chi connectivity index (χ1n) is 13.7. The number of imidazole rings is 1. The zero-order valence-electron chi connectivity index (χ0n) is 23.1. The second-order valence-corrected chi connectivity index (χ2v) is 12.6. The van der Waals surface area contributed by atoms with Gasteiger partial charge in [0.25, 0.3) is 0 Å². The molecule has 4 heterocycles. The summed E-state index contributed by atoms with van der Waals surface area (Å²) >= 11 is 0. The first kappa shape index (κ1) is 27.7. The van der Waals surface area contributed by atoms with Crippen LogP contribution in [-0.4, -0.2) is 50.7 Å². The average molecular weight is 615 g/mol. The van der Waals surface area contributed by atoms with Crippen molar-refractivity contribution in [2.75, 3.05) is 11.6 Å². The molecule has 0 aliphatic heterocycles. The fraction of sp³-hybridized carbons (Fsp3) is 0.167. The summed E-state index contributed by atoms with van der Waals surface area (Å²) in [6, 6.07) is 10.8. The topological polar surface area (TPSA) is 158 Å². The largest absolute Gasteiger partial charge is 0.336 e. The minimum atomic E-state index is -3.49. The highest BCUT2D eigenvalue weighted by Gasteiger charge is 2.29. The lowest BCUT2D eigenvalue weighted by Crippen LogP contribution is -2.21. The van der Waals surface area contributed by atoms with Gasteiger partial charge in [-0.1, -0.05) is 0 Å². The molecule has 44 heavy (non-hydrogen) atoms. The minimum absolute atomic E-state index is 0.0135. The van der Waals surface area contributed by atoms with Crippen LogP contribution in [0.5, 0.6) is 0 Å². The van der Waals surface area contributed by atoms with Crippen molar-refractivity contribution in [3.05, 3.63) is 78.3 Å². The lowest BCUT2D eigenvalue weighted by Gasteiger charge is -2.08. The number of carbonyl (C=O) groups is 1. The third-order valence-electron chi connectivity index (χ3n) is 7.33. The first-order valence-corrected chi connectivity index (χ1v) is 15.5. The van der Waals surface area contributed by atoms with Crippen LogP contribution in [-0.2, 0) is 21.4 Å². The van der Waals surface area contributed by atoms with Crippen LogP contribution in [0.15, 0.2) is 61.1 Å². The molecule has 222 valence electrons. The van der Waals surface area contributed by atoms with Gasteiger partial charge in [-0.25, -0.2) is 26.9 Å². The Morgan fingerprint density at radius 3 is 2.66 bits per heavy atom. The molecule has 1 fully saturated rings. The van der Waals surface area contributed by atoms with Crippen molar-refractivity contribution in [2.24, 2.45) is 5.92 Å². The second kappa shape index (κ2) is 10.6. The van der Waals surface area contributed by atoms with Gasteiger partial charge in [-0.15, -0.1) is 0 Å². The van der Waals surface area contributed by atoms with E-state index < -0.39 is 21.7 Å². The number of H-pyrrole nitrogens is 2. The number of halogens is 2. The summed E-state index contributed by atoms with van der Waals surface area (Å²) in [5, 5.41) is 10.2. The SMILES string of the molecule is CS(=O)(=O)NCc1cc(F)cc(-c2nccc3[nH]c(-c4n[nH]c5ccc(-c6cncc(NC(=O)C7CC7)c6)c(F)c45)nc23)c1. The van der Waals surface area contributed by atoms with Crippen LogP contribution in [0.2, 0.25) is 0 Å². The Bertz CT molecular complexity index is 2210. The van der Waals surface area contributed by atoms with Gasteiger partial charge in [0.2, 0.25) is 15.9 Å². The van der Waals surface area contributed by atoms with Gasteiger partial charge in [0.05, 0.1) is 40.3 Å². The number of carbonyl (C=O) groups excluding carboxylic acids is 1. The maximum atomic E-state index is 16.2. The van der Waals surface area contributed by atoms with E-state index in [1.807, 2.05) is 0 Å². The van der Waals surface area contributed by atoms with Gasteiger partial charge < -0.3 is 10.3 Å². The van der Waals surface area contributed by atoms with Gasteiger partial charge in [0.1, 0.15) is 22.8 Å². The molecule has 0 radical (unpaired) electrons. The number of sulfonamides is 1. The van der Waals surface area contributed by atoms with Crippen LogP contribution in [0.3, 0.4) is 0 Å². The summed E-state index contributed by atoms with van der Waals surface area (Å²) in [4.78, 5) is 28.7. The van der Waals surface area contributed by atoms with Crippen molar-refractivity contribution in [3.8, 4) is 33.9 Å². The molecule has 4 aromatic heterocycles. The van der Waals surface area contributed by atoms with Gasteiger partial charge in [-0.2, -0.15) is 5.10 Å². The van der Waals surface area contributed by atoms with E-state index in [2.05, 4.69) is 40.2 Å². The summed E-state index contributed by atoms with van der Waals surface area (Å²) in [5.74, 6) is -0.919. The van der Waals surface area contributed by atoms with Gasteiger partial charge >= 0.3 is 0 Å². The number of hydrogen-bond donors (Lipinski definition) is 4. The van der Waals surface area contributed by atoms with Gasteiger partial charge in [0, 0.05) is 41.5 Å². The van der Waals surface area contributed by atoms with E-state index in [1.165, 1.54) is 30.7 Å². The molecule has 4 N–H and O–H groups in total. The number of fused-ring (bicyclic) bond motifs is 2. The third-order valence-corrected chi connectivity index (χ3v) is 8.00. The minimum Gasteiger partial charge on any atom is -0.336 e. The Labute approximate surface area is 249 Å². The fourth-order valence-electron chi connectivity index (χ4n) is 5.07. The summed E-state index contributed by atoms with van der Waals surface area (Å²) in [7, 11) is -3.49. The number of benzene rings is 2. The van der Waals surface area contributed by atoms with Gasteiger partial charge in [-0.05, 0) is 60.9 Å². The number of hydrogen-bond acceptors (Lipinski definition) is 7. The molecule has 6 aromatic rings. The number of amides is 1. The Balaban J connectivity index is 1.27. The van der Waals surface area contributed by atoms with Crippen molar-refractivity contribution >= 4 is 43.6 Å². The number of aromatic amines is 2. The molecule has 1 aliphatic rings. The van der Waals surface area contributed by atoms with Crippen LogP contribution in [0, 0.1) is 17.6 Å².